The summed E-state index contributed by atoms with van der Waals surface area (Å²) >= 11 is 0. The van der Waals surface area contributed by atoms with Gasteiger partial charge in [0.05, 0.1) is 28.7 Å². The maximum absolute atomic E-state index is 12.1. The molecule has 0 aliphatic rings. The normalized spacial score (nSPS) is 11.2. The fourth-order valence-corrected chi connectivity index (χ4v) is 3.05. The smallest absolute Gasteiger partial charge is 0.255 e. The Balaban J connectivity index is 1.89. The van der Waals surface area contributed by atoms with Crippen LogP contribution in [0.5, 0.6) is 0 Å². The third-order valence-electron chi connectivity index (χ3n) is 3.29. The Bertz CT molecular complexity index is 981. The first-order valence-corrected chi connectivity index (χ1v) is 8.90. The molecule has 0 atom stereocenters. The number of aromatic nitrogens is 3. The summed E-state index contributed by atoms with van der Waals surface area (Å²) in [6.45, 7) is 0. The first kappa shape index (κ1) is 15.9. The molecule has 8 heteroatoms. The van der Waals surface area contributed by atoms with Crippen LogP contribution in [0.2, 0.25) is 0 Å². The van der Waals surface area contributed by atoms with E-state index in [2.05, 4.69) is 15.4 Å². The second-order valence-electron chi connectivity index (χ2n) is 5.10. The van der Waals surface area contributed by atoms with E-state index in [1.54, 1.807) is 36.5 Å². The highest BCUT2D eigenvalue weighted by Crippen LogP contribution is 2.20. The van der Waals surface area contributed by atoms with Crippen molar-refractivity contribution in [2.75, 3.05) is 11.6 Å². The van der Waals surface area contributed by atoms with Crippen LogP contribution in [0.15, 0.2) is 66.1 Å². The second-order valence-corrected chi connectivity index (χ2v) is 7.09. The quantitative estimate of drug-likeness (QED) is 0.782. The second kappa shape index (κ2) is 6.25. The Morgan fingerprint density at radius 2 is 1.83 bits per heavy atom. The number of amides is 1. The van der Waals surface area contributed by atoms with E-state index in [-0.39, 0.29) is 10.8 Å². The fraction of sp³-hybridized carbons (Fsp3) is 0.0625. The molecular weight excluding hydrogens is 328 g/mol. The van der Waals surface area contributed by atoms with Gasteiger partial charge >= 0.3 is 0 Å². The Labute approximate surface area is 138 Å². The van der Waals surface area contributed by atoms with Crippen LogP contribution in [0.1, 0.15) is 10.4 Å². The van der Waals surface area contributed by atoms with E-state index in [0.717, 1.165) is 6.26 Å². The molecule has 2 heterocycles. The van der Waals surface area contributed by atoms with Gasteiger partial charge in [-0.25, -0.2) is 13.1 Å². The van der Waals surface area contributed by atoms with Crippen molar-refractivity contribution in [2.45, 2.75) is 4.90 Å². The van der Waals surface area contributed by atoms with E-state index >= 15 is 0 Å². The minimum Gasteiger partial charge on any atom is -0.319 e. The van der Waals surface area contributed by atoms with E-state index in [1.165, 1.54) is 29.3 Å². The highest BCUT2D eigenvalue weighted by Gasteiger charge is 2.15. The van der Waals surface area contributed by atoms with Crippen molar-refractivity contribution in [2.24, 2.45) is 0 Å². The average molecular weight is 342 g/mol. The van der Waals surface area contributed by atoms with Crippen molar-refractivity contribution in [3.05, 3.63) is 66.7 Å². The van der Waals surface area contributed by atoms with Gasteiger partial charge in [-0.05, 0) is 24.3 Å². The summed E-state index contributed by atoms with van der Waals surface area (Å²) in [5.74, 6) is -0.298. The van der Waals surface area contributed by atoms with Crippen molar-refractivity contribution in [1.82, 2.24) is 14.8 Å². The van der Waals surface area contributed by atoms with E-state index in [4.69, 9.17) is 0 Å². The number of hydrogen-bond donors (Lipinski definition) is 1. The van der Waals surface area contributed by atoms with Gasteiger partial charge in [0, 0.05) is 24.2 Å². The molecule has 0 fully saturated rings. The predicted octanol–water partition coefficient (Wildman–Crippen LogP) is 1.92. The number of nitrogens with one attached hydrogen (secondary N) is 1. The Hall–Kier alpha value is -3.00. The van der Waals surface area contributed by atoms with Gasteiger partial charge in [0.2, 0.25) is 0 Å². The molecule has 0 aliphatic heterocycles. The first-order chi connectivity index (χ1) is 11.4. The van der Waals surface area contributed by atoms with Crippen molar-refractivity contribution in [3.8, 4) is 5.69 Å². The molecule has 0 bridgehead atoms. The zero-order valence-corrected chi connectivity index (χ0v) is 13.6. The van der Waals surface area contributed by atoms with Crippen LogP contribution < -0.4 is 5.32 Å². The molecule has 3 aromatic rings. The van der Waals surface area contributed by atoms with Crippen LogP contribution in [0, 0.1) is 0 Å². The highest BCUT2D eigenvalue weighted by molar-refractivity contribution is 7.90. The summed E-state index contributed by atoms with van der Waals surface area (Å²) in [5, 5.41) is 6.84. The molecule has 0 unspecified atom stereocenters. The summed E-state index contributed by atoms with van der Waals surface area (Å²) in [7, 11) is -3.39. The summed E-state index contributed by atoms with van der Waals surface area (Å²) in [6.07, 6.45) is 7.21. The van der Waals surface area contributed by atoms with E-state index < -0.39 is 9.84 Å². The lowest BCUT2D eigenvalue weighted by Gasteiger charge is -2.07. The minimum atomic E-state index is -3.39. The van der Waals surface area contributed by atoms with E-state index in [9.17, 15) is 13.2 Å². The predicted molar refractivity (Wildman–Crippen MR) is 88.9 cm³/mol. The largest absolute Gasteiger partial charge is 0.319 e. The number of pyridine rings is 1. The molecule has 0 saturated heterocycles. The maximum Gasteiger partial charge on any atom is 0.255 e. The summed E-state index contributed by atoms with van der Waals surface area (Å²) in [6, 6.07) is 9.73. The third kappa shape index (κ3) is 3.33. The van der Waals surface area contributed by atoms with Gasteiger partial charge in [-0.3, -0.25) is 9.78 Å². The van der Waals surface area contributed by atoms with Gasteiger partial charge in [0.1, 0.15) is 0 Å². The molecule has 1 N–H and O–H groups in total. The molecule has 0 spiro atoms. The number of benzene rings is 1. The molecule has 3 rings (SSSR count). The minimum absolute atomic E-state index is 0.167. The topological polar surface area (TPSA) is 94.0 Å². The van der Waals surface area contributed by atoms with Crippen LogP contribution in [-0.2, 0) is 9.84 Å². The number of carbonyl (C=O) groups excluding carboxylic acids is 1. The number of hydrogen-bond acceptors (Lipinski definition) is 5. The van der Waals surface area contributed by atoms with Crippen molar-refractivity contribution in [1.29, 1.82) is 0 Å². The molecule has 1 amide bonds. The molecule has 24 heavy (non-hydrogen) atoms. The third-order valence-corrected chi connectivity index (χ3v) is 4.44. The lowest BCUT2D eigenvalue weighted by atomic mass is 10.2. The molecule has 122 valence electrons. The fourth-order valence-electron chi connectivity index (χ4n) is 2.19. The molecular formula is C16H14N4O3S. The first-order valence-electron chi connectivity index (χ1n) is 7.00. The molecule has 0 radical (unpaired) electrons. The maximum atomic E-state index is 12.1. The molecule has 2 aromatic heterocycles. The van der Waals surface area contributed by atoms with Crippen LogP contribution in [0.3, 0.4) is 0 Å². The van der Waals surface area contributed by atoms with Crippen molar-refractivity contribution in [3.63, 3.8) is 0 Å². The van der Waals surface area contributed by atoms with Crippen LogP contribution in [-0.4, -0.2) is 35.3 Å². The van der Waals surface area contributed by atoms with Gasteiger partial charge in [0.25, 0.3) is 5.91 Å². The standard InChI is InChI=1S/C16H14N4O3S/c1-24(22,23)15-5-3-2-4-14(15)20-11-13(10-18-20)19-16(21)12-6-8-17-9-7-12/h2-11H,1H3,(H,19,21). The summed E-state index contributed by atoms with van der Waals surface area (Å²) in [4.78, 5) is 16.1. The lowest BCUT2D eigenvalue weighted by molar-refractivity contribution is 0.102. The summed E-state index contributed by atoms with van der Waals surface area (Å²) < 4.78 is 25.2. The number of nitrogens with zero attached hydrogens (tertiary/aromatic N) is 3. The van der Waals surface area contributed by atoms with Gasteiger partial charge in [-0.15, -0.1) is 0 Å². The monoisotopic (exact) mass is 342 g/mol. The average Bonchev–Trinajstić information content (AvgIpc) is 3.03. The van der Waals surface area contributed by atoms with E-state index in [0.29, 0.717) is 16.9 Å². The summed E-state index contributed by atoms with van der Waals surface area (Å²) in [5.41, 5.74) is 1.35. The van der Waals surface area contributed by atoms with Gasteiger partial charge in [-0.1, -0.05) is 12.1 Å². The molecule has 7 nitrogen and oxygen atoms in total. The van der Waals surface area contributed by atoms with Gasteiger partial charge < -0.3 is 5.32 Å². The Morgan fingerprint density at radius 1 is 1.12 bits per heavy atom. The number of para-hydroxylation sites is 1. The van der Waals surface area contributed by atoms with Gasteiger partial charge in [0.15, 0.2) is 9.84 Å². The van der Waals surface area contributed by atoms with Crippen molar-refractivity contribution >= 4 is 21.4 Å². The number of carbonyl (C=O) groups is 1. The molecule has 1 aromatic carbocycles. The Morgan fingerprint density at radius 3 is 2.54 bits per heavy atom. The van der Waals surface area contributed by atoms with Gasteiger partial charge in [-0.2, -0.15) is 5.10 Å². The zero-order valence-electron chi connectivity index (χ0n) is 12.7. The molecule has 0 aliphatic carbocycles. The van der Waals surface area contributed by atoms with Crippen LogP contribution in [0.4, 0.5) is 5.69 Å². The SMILES string of the molecule is CS(=O)(=O)c1ccccc1-n1cc(NC(=O)c2ccncc2)cn1. The lowest BCUT2D eigenvalue weighted by Crippen LogP contribution is -2.11. The highest BCUT2D eigenvalue weighted by atomic mass is 32.2. The molecule has 0 saturated carbocycles. The van der Waals surface area contributed by atoms with E-state index in [1.807, 2.05) is 0 Å². The van der Waals surface area contributed by atoms with Crippen molar-refractivity contribution < 1.29 is 13.2 Å². The zero-order chi connectivity index (χ0) is 17.2. The van der Waals surface area contributed by atoms with Crippen LogP contribution >= 0.6 is 0 Å². The number of anilines is 1. The van der Waals surface area contributed by atoms with Crippen LogP contribution in [0.25, 0.3) is 5.69 Å². The Kier molecular flexibility index (Phi) is 4.13. The number of sulfone groups is 1. The number of rotatable bonds is 4.